The van der Waals surface area contributed by atoms with Crippen LogP contribution < -0.4 is 25.0 Å². The molecule has 0 aromatic heterocycles. The van der Waals surface area contributed by atoms with Crippen molar-refractivity contribution in [3.05, 3.63) is 84.4 Å². The molecule has 0 atom stereocenters. The molecule has 0 radical (unpaired) electrons. The maximum Gasteiger partial charge on any atom is 0.264 e. The summed E-state index contributed by atoms with van der Waals surface area (Å²) in [6, 6.07) is 24.9. The number of amides is 2. The highest BCUT2D eigenvalue weighted by atomic mass is 32.1. The second kappa shape index (κ2) is 14.2. The van der Waals surface area contributed by atoms with Gasteiger partial charge < -0.3 is 24.6 Å². The lowest BCUT2D eigenvalue weighted by molar-refractivity contribution is -0.131. The van der Waals surface area contributed by atoms with Crippen molar-refractivity contribution in [1.29, 1.82) is 0 Å². The minimum Gasteiger partial charge on any atom is -0.489 e. The second-order valence-corrected chi connectivity index (χ2v) is 9.61. The van der Waals surface area contributed by atoms with E-state index in [0.29, 0.717) is 18.8 Å². The number of rotatable bonds is 10. The molecule has 0 unspecified atom stereocenters. The topological polar surface area (TPSA) is 83.1 Å². The Morgan fingerprint density at radius 1 is 0.846 bits per heavy atom. The van der Waals surface area contributed by atoms with Crippen molar-refractivity contribution in [3.63, 3.8) is 0 Å². The molecule has 1 saturated heterocycles. The van der Waals surface area contributed by atoms with Gasteiger partial charge in [0.1, 0.15) is 18.1 Å². The average Bonchev–Trinajstić information content (AvgIpc) is 2.96. The van der Waals surface area contributed by atoms with Gasteiger partial charge in [-0.05, 0) is 72.7 Å². The largest absolute Gasteiger partial charge is 0.489 e. The van der Waals surface area contributed by atoms with E-state index in [1.807, 2.05) is 66.4 Å². The molecule has 9 heteroatoms. The number of hydrogen-bond acceptors (Lipinski definition) is 6. The molecule has 1 heterocycles. The first kappa shape index (κ1) is 27.9. The van der Waals surface area contributed by atoms with Gasteiger partial charge in [0.25, 0.3) is 5.91 Å². The third-order valence-corrected chi connectivity index (χ3v) is 6.49. The van der Waals surface area contributed by atoms with E-state index in [-0.39, 0.29) is 23.5 Å². The van der Waals surface area contributed by atoms with Crippen LogP contribution in [0.4, 0.5) is 11.4 Å². The fourth-order valence-electron chi connectivity index (χ4n) is 4.19. The maximum absolute atomic E-state index is 12.3. The lowest BCUT2D eigenvalue weighted by Gasteiger charge is -2.36. The smallest absolute Gasteiger partial charge is 0.264 e. The first-order valence-corrected chi connectivity index (χ1v) is 13.5. The van der Waals surface area contributed by atoms with Crippen molar-refractivity contribution in [2.24, 2.45) is 0 Å². The van der Waals surface area contributed by atoms with Gasteiger partial charge in [0.05, 0.1) is 0 Å². The van der Waals surface area contributed by atoms with Crippen LogP contribution in [-0.4, -0.2) is 54.6 Å². The molecule has 0 spiro atoms. The van der Waals surface area contributed by atoms with Gasteiger partial charge in [0, 0.05) is 44.0 Å². The summed E-state index contributed by atoms with van der Waals surface area (Å²) in [4.78, 5) is 28.6. The predicted octanol–water partition coefficient (Wildman–Crippen LogP) is 4.61. The van der Waals surface area contributed by atoms with Gasteiger partial charge in [-0.3, -0.25) is 14.9 Å². The Labute approximate surface area is 234 Å². The number of carbonyl (C=O) groups is 2. The lowest BCUT2D eigenvalue weighted by atomic mass is 10.2. The number of nitrogens with one attached hydrogen (secondary N) is 2. The van der Waals surface area contributed by atoms with Gasteiger partial charge in [-0.25, -0.2) is 0 Å². The van der Waals surface area contributed by atoms with E-state index < -0.39 is 0 Å². The van der Waals surface area contributed by atoms with Crippen LogP contribution in [0.3, 0.4) is 0 Å². The molecule has 204 valence electrons. The Kier molecular flexibility index (Phi) is 10.1. The second-order valence-electron chi connectivity index (χ2n) is 9.20. The van der Waals surface area contributed by atoms with Crippen molar-refractivity contribution in [3.8, 4) is 11.5 Å². The quantitative estimate of drug-likeness (QED) is 0.360. The number of piperazine rings is 1. The fraction of sp³-hybridized carbons (Fsp3) is 0.300. The maximum atomic E-state index is 12.3. The van der Waals surface area contributed by atoms with E-state index in [0.717, 1.165) is 55.3 Å². The monoisotopic (exact) mass is 546 g/mol. The van der Waals surface area contributed by atoms with Gasteiger partial charge in [-0.15, -0.1) is 0 Å². The SMILES string of the molecule is CCCC(=O)N1CCN(c2ccc(NC(=S)NC(=O)COc3ccc(OCc4ccccc4)cc3)cc2)CC1. The van der Waals surface area contributed by atoms with Crippen LogP contribution in [0.15, 0.2) is 78.9 Å². The zero-order valence-corrected chi connectivity index (χ0v) is 22.9. The third kappa shape index (κ3) is 8.71. The van der Waals surface area contributed by atoms with Crippen LogP contribution in [0.25, 0.3) is 0 Å². The molecular formula is C30H34N4O4S. The summed E-state index contributed by atoms with van der Waals surface area (Å²) >= 11 is 5.28. The first-order chi connectivity index (χ1) is 19.0. The molecule has 39 heavy (non-hydrogen) atoms. The van der Waals surface area contributed by atoms with Crippen LogP contribution in [0, 0.1) is 0 Å². The summed E-state index contributed by atoms with van der Waals surface area (Å²) in [6.07, 6.45) is 1.49. The number of ether oxygens (including phenoxy) is 2. The van der Waals surface area contributed by atoms with Crippen molar-refractivity contribution in [2.75, 3.05) is 43.0 Å². The van der Waals surface area contributed by atoms with Gasteiger partial charge in [0.2, 0.25) is 5.91 Å². The summed E-state index contributed by atoms with van der Waals surface area (Å²) < 4.78 is 11.3. The van der Waals surface area contributed by atoms with E-state index >= 15 is 0 Å². The molecule has 2 N–H and O–H groups in total. The minimum atomic E-state index is -0.357. The summed E-state index contributed by atoms with van der Waals surface area (Å²) in [6.45, 7) is 5.43. The zero-order chi connectivity index (χ0) is 27.5. The van der Waals surface area contributed by atoms with Gasteiger partial charge in [0.15, 0.2) is 11.7 Å². The van der Waals surface area contributed by atoms with E-state index in [4.69, 9.17) is 21.7 Å². The molecule has 4 rings (SSSR count). The Balaban J connectivity index is 1.15. The Morgan fingerprint density at radius 3 is 2.13 bits per heavy atom. The number of hydrogen-bond donors (Lipinski definition) is 2. The summed E-state index contributed by atoms with van der Waals surface area (Å²) in [5.74, 6) is 1.15. The summed E-state index contributed by atoms with van der Waals surface area (Å²) in [5.41, 5.74) is 2.95. The number of anilines is 2. The van der Waals surface area contributed by atoms with Crippen LogP contribution in [0.1, 0.15) is 25.3 Å². The Hall–Kier alpha value is -4.11. The highest BCUT2D eigenvalue weighted by Gasteiger charge is 2.20. The molecule has 0 aliphatic carbocycles. The van der Waals surface area contributed by atoms with Crippen molar-refractivity contribution in [2.45, 2.75) is 26.4 Å². The summed E-state index contributed by atoms with van der Waals surface area (Å²) in [5, 5.41) is 5.86. The van der Waals surface area contributed by atoms with E-state index in [1.54, 1.807) is 24.3 Å². The predicted molar refractivity (Wildman–Crippen MR) is 157 cm³/mol. The van der Waals surface area contributed by atoms with Crippen LogP contribution >= 0.6 is 12.2 Å². The van der Waals surface area contributed by atoms with Gasteiger partial charge in [-0.1, -0.05) is 37.3 Å². The molecule has 3 aromatic carbocycles. The highest BCUT2D eigenvalue weighted by Crippen LogP contribution is 2.21. The zero-order valence-electron chi connectivity index (χ0n) is 22.1. The van der Waals surface area contributed by atoms with Gasteiger partial charge >= 0.3 is 0 Å². The molecular weight excluding hydrogens is 512 g/mol. The highest BCUT2D eigenvalue weighted by molar-refractivity contribution is 7.80. The van der Waals surface area contributed by atoms with Crippen molar-refractivity contribution >= 4 is 40.5 Å². The normalized spacial score (nSPS) is 12.9. The Bertz CT molecular complexity index is 1230. The minimum absolute atomic E-state index is 0.169. The molecule has 0 bridgehead atoms. The average molecular weight is 547 g/mol. The molecule has 3 aromatic rings. The van der Waals surface area contributed by atoms with Crippen molar-refractivity contribution in [1.82, 2.24) is 10.2 Å². The number of benzene rings is 3. The van der Waals surface area contributed by atoms with E-state index in [1.165, 1.54) is 0 Å². The van der Waals surface area contributed by atoms with Crippen LogP contribution in [0.5, 0.6) is 11.5 Å². The van der Waals surface area contributed by atoms with Crippen LogP contribution in [-0.2, 0) is 16.2 Å². The van der Waals surface area contributed by atoms with E-state index in [2.05, 4.69) is 15.5 Å². The molecule has 8 nitrogen and oxygen atoms in total. The van der Waals surface area contributed by atoms with Crippen molar-refractivity contribution < 1.29 is 19.1 Å². The lowest BCUT2D eigenvalue weighted by Crippen LogP contribution is -2.48. The summed E-state index contributed by atoms with van der Waals surface area (Å²) in [7, 11) is 0. The molecule has 1 aliphatic rings. The number of nitrogens with zero attached hydrogens (tertiary/aromatic N) is 2. The first-order valence-electron chi connectivity index (χ1n) is 13.1. The molecule has 2 amide bonds. The fourth-order valence-corrected chi connectivity index (χ4v) is 4.42. The number of carbonyl (C=O) groups excluding carboxylic acids is 2. The molecule has 0 saturated carbocycles. The molecule has 1 fully saturated rings. The van der Waals surface area contributed by atoms with E-state index in [9.17, 15) is 9.59 Å². The Morgan fingerprint density at radius 2 is 1.49 bits per heavy atom. The number of thiocarbonyl (C=S) groups is 1. The molecule has 1 aliphatic heterocycles. The standard InChI is InChI=1S/C30H34N4O4S/c1-2-6-29(36)34-19-17-33(18-20-34)25-11-9-24(10-12-25)31-30(39)32-28(35)22-38-27-15-13-26(14-16-27)37-21-23-7-4-3-5-8-23/h3-5,7-16H,2,6,17-22H2,1H3,(H2,31,32,35,39). The van der Waals surface area contributed by atoms with Gasteiger partial charge in [-0.2, -0.15) is 0 Å². The van der Waals surface area contributed by atoms with Crippen LogP contribution in [0.2, 0.25) is 0 Å². The third-order valence-electron chi connectivity index (χ3n) is 6.28.